The summed E-state index contributed by atoms with van der Waals surface area (Å²) in [5.74, 6) is 0. The Morgan fingerprint density at radius 2 is 2.06 bits per heavy atom. The van der Waals surface area contributed by atoms with Gasteiger partial charge < -0.3 is 5.11 Å². The average Bonchev–Trinajstić information content (AvgIpc) is 2.66. The Bertz CT molecular complexity index is 513. The van der Waals surface area contributed by atoms with Gasteiger partial charge in [0.05, 0.1) is 21.0 Å². The Hall–Kier alpha value is -0.680. The summed E-state index contributed by atoms with van der Waals surface area (Å²) in [7, 11) is 0. The lowest BCUT2D eigenvalue weighted by Crippen LogP contribution is -1.83. The van der Waals surface area contributed by atoms with E-state index in [2.05, 4.69) is 9.97 Å². The molecule has 2 aromatic rings. The molecular formula is C10H8Cl2N2OS. The Morgan fingerprint density at radius 3 is 2.62 bits per heavy atom. The molecule has 0 saturated carbocycles. The molecule has 0 spiro atoms. The van der Waals surface area contributed by atoms with Crippen molar-refractivity contribution in [3.8, 4) is 10.7 Å². The van der Waals surface area contributed by atoms with Crippen molar-refractivity contribution in [2.75, 3.05) is 0 Å². The third-order valence-corrected chi connectivity index (χ3v) is 3.61. The van der Waals surface area contributed by atoms with Crippen LogP contribution >= 0.6 is 34.5 Å². The molecule has 0 aliphatic carbocycles. The lowest BCUT2D eigenvalue weighted by Gasteiger charge is -1.99. The minimum atomic E-state index is -0.530. The fourth-order valence-corrected chi connectivity index (χ4v) is 2.55. The highest BCUT2D eigenvalue weighted by Gasteiger charge is 2.12. The first-order chi connectivity index (χ1) is 7.58. The van der Waals surface area contributed by atoms with Gasteiger partial charge in [-0.1, -0.05) is 23.2 Å². The molecule has 0 aliphatic heterocycles. The fourth-order valence-electron chi connectivity index (χ4n) is 1.16. The van der Waals surface area contributed by atoms with Gasteiger partial charge in [0.15, 0.2) is 0 Å². The summed E-state index contributed by atoms with van der Waals surface area (Å²) in [6.07, 6.45) is 2.61. The first-order valence-corrected chi connectivity index (χ1v) is 6.10. The number of aromatic nitrogens is 2. The summed E-state index contributed by atoms with van der Waals surface area (Å²) in [5.41, 5.74) is 0.586. The molecule has 2 aromatic heterocycles. The van der Waals surface area contributed by atoms with E-state index in [-0.39, 0.29) is 0 Å². The zero-order valence-corrected chi connectivity index (χ0v) is 10.6. The first-order valence-electron chi connectivity index (χ1n) is 4.53. The average molecular weight is 275 g/mol. The number of thiazole rings is 1. The summed E-state index contributed by atoms with van der Waals surface area (Å²) in [5, 5.41) is 11.0. The van der Waals surface area contributed by atoms with E-state index in [1.54, 1.807) is 19.2 Å². The lowest BCUT2D eigenvalue weighted by atomic mass is 10.3. The van der Waals surface area contributed by atoms with Crippen LogP contribution < -0.4 is 0 Å². The van der Waals surface area contributed by atoms with Gasteiger partial charge in [-0.2, -0.15) is 0 Å². The van der Waals surface area contributed by atoms with Gasteiger partial charge >= 0.3 is 0 Å². The molecule has 84 valence electrons. The number of rotatable bonds is 2. The van der Waals surface area contributed by atoms with Crippen LogP contribution in [0.1, 0.15) is 17.9 Å². The molecule has 0 fully saturated rings. The highest BCUT2D eigenvalue weighted by Crippen LogP contribution is 2.32. The van der Waals surface area contributed by atoms with Gasteiger partial charge in [-0.25, -0.2) is 4.98 Å². The molecule has 0 bridgehead atoms. The predicted molar refractivity (Wildman–Crippen MR) is 66.0 cm³/mol. The molecule has 1 unspecified atom stereocenters. The van der Waals surface area contributed by atoms with Crippen molar-refractivity contribution in [1.82, 2.24) is 9.97 Å². The zero-order chi connectivity index (χ0) is 11.7. The van der Waals surface area contributed by atoms with Gasteiger partial charge in [-0.05, 0) is 13.0 Å². The number of hydrogen-bond acceptors (Lipinski definition) is 4. The van der Waals surface area contributed by atoms with Crippen molar-refractivity contribution in [2.45, 2.75) is 13.0 Å². The van der Waals surface area contributed by atoms with Gasteiger partial charge in [0.25, 0.3) is 0 Å². The molecule has 16 heavy (non-hydrogen) atoms. The molecule has 1 N–H and O–H groups in total. The number of pyridine rings is 1. The monoisotopic (exact) mass is 274 g/mol. The van der Waals surface area contributed by atoms with Crippen LogP contribution in [0.5, 0.6) is 0 Å². The number of aliphatic hydroxyl groups excluding tert-OH is 1. The molecule has 6 heteroatoms. The summed E-state index contributed by atoms with van der Waals surface area (Å²) >= 11 is 13.1. The largest absolute Gasteiger partial charge is 0.388 e. The molecule has 2 rings (SSSR count). The van der Waals surface area contributed by atoms with E-state index in [0.29, 0.717) is 20.7 Å². The summed E-state index contributed by atoms with van der Waals surface area (Å²) in [6.45, 7) is 1.69. The second-order valence-corrected chi connectivity index (χ2v) is 5.13. The molecular weight excluding hydrogens is 267 g/mol. The Labute approximate surface area is 107 Å². The Kier molecular flexibility index (Phi) is 3.44. The number of halogens is 2. The lowest BCUT2D eigenvalue weighted by molar-refractivity contribution is 0.203. The van der Waals surface area contributed by atoms with Crippen LogP contribution in [-0.2, 0) is 0 Å². The van der Waals surface area contributed by atoms with Crippen LogP contribution in [0.15, 0.2) is 18.5 Å². The van der Waals surface area contributed by atoms with E-state index in [0.717, 1.165) is 4.88 Å². The maximum absolute atomic E-state index is 9.39. The first kappa shape index (κ1) is 11.8. The summed E-state index contributed by atoms with van der Waals surface area (Å²) in [6, 6.07) is 1.62. The molecule has 0 radical (unpaired) electrons. The summed E-state index contributed by atoms with van der Waals surface area (Å²) < 4.78 is 0. The van der Waals surface area contributed by atoms with E-state index >= 15 is 0 Å². The second kappa shape index (κ2) is 4.67. The smallest absolute Gasteiger partial charge is 0.143 e. The van der Waals surface area contributed by atoms with Crippen LogP contribution in [-0.4, -0.2) is 15.1 Å². The van der Waals surface area contributed by atoms with Crippen molar-refractivity contribution in [3.63, 3.8) is 0 Å². The number of nitrogens with zero attached hydrogens (tertiary/aromatic N) is 2. The number of aliphatic hydroxyl groups is 1. The van der Waals surface area contributed by atoms with Gasteiger partial charge in [-0.3, -0.25) is 4.98 Å². The van der Waals surface area contributed by atoms with Crippen LogP contribution in [0.2, 0.25) is 10.0 Å². The van der Waals surface area contributed by atoms with E-state index in [1.807, 2.05) is 0 Å². The quantitative estimate of drug-likeness (QED) is 0.911. The van der Waals surface area contributed by atoms with E-state index in [4.69, 9.17) is 23.2 Å². The SMILES string of the molecule is CC(O)c1cnc(-c2ncc(Cl)cc2Cl)s1. The topological polar surface area (TPSA) is 46.0 Å². The maximum Gasteiger partial charge on any atom is 0.143 e. The van der Waals surface area contributed by atoms with Crippen molar-refractivity contribution >= 4 is 34.5 Å². The molecule has 0 saturated heterocycles. The molecule has 1 atom stereocenters. The molecule has 0 amide bonds. The Morgan fingerprint density at radius 1 is 1.31 bits per heavy atom. The highest BCUT2D eigenvalue weighted by atomic mass is 35.5. The molecule has 0 aromatic carbocycles. The summed E-state index contributed by atoms with van der Waals surface area (Å²) in [4.78, 5) is 9.07. The van der Waals surface area contributed by atoms with Crippen molar-refractivity contribution in [1.29, 1.82) is 0 Å². The van der Waals surface area contributed by atoms with Crippen molar-refractivity contribution in [3.05, 3.63) is 33.4 Å². The Balaban J connectivity index is 2.42. The third-order valence-electron chi connectivity index (χ3n) is 1.95. The van der Waals surface area contributed by atoms with Gasteiger partial charge in [-0.15, -0.1) is 11.3 Å². The van der Waals surface area contributed by atoms with E-state index in [1.165, 1.54) is 17.5 Å². The molecule has 3 nitrogen and oxygen atoms in total. The maximum atomic E-state index is 9.39. The van der Waals surface area contributed by atoms with Crippen LogP contribution in [0.25, 0.3) is 10.7 Å². The van der Waals surface area contributed by atoms with Crippen LogP contribution in [0, 0.1) is 0 Å². The van der Waals surface area contributed by atoms with Gasteiger partial charge in [0.1, 0.15) is 10.7 Å². The van der Waals surface area contributed by atoms with Crippen molar-refractivity contribution in [2.24, 2.45) is 0 Å². The standard InChI is InChI=1S/C10H8Cl2N2OS/c1-5(15)8-4-14-10(16-8)9-7(12)2-6(11)3-13-9/h2-5,15H,1H3. The highest BCUT2D eigenvalue weighted by molar-refractivity contribution is 7.15. The van der Waals surface area contributed by atoms with Crippen molar-refractivity contribution < 1.29 is 5.11 Å². The van der Waals surface area contributed by atoms with Gasteiger partial charge in [0, 0.05) is 12.4 Å². The van der Waals surface area contributed by atoms with Crippen LogP contribution in [0.4, 0.5) is 0 Å². The van der Waals surface area contributed by atoms with Crippen LogP contribution in [0.3, 0.4) is 0 Å². The third kappa shape index (κ3) is 2.35. The van der Waals surface area contributed by atoms with E-state index in [9.17, 15) is 5.11 Å². The molecule has 0 aliphatic rings. The predicted octanol–water partition coefficient (Wildman–Crippen LogP) is 3.57. The minimum Gasteiger partial charge on any atom is -0.388 e. The fraction of sp³-hybridized carbons (Fsp3) is 0.200. The molecule has 2 heterocycles. The van der Waals surface area contributed by atoms with E-state index < -0.39 is 6.10 Å². The normalized spacial score (nSPS) is 12.8. The van der Waals surface area contributed by atoms with Gasteiger partial charge in [0.2, 0.25) is 0 Å². The number of hydrogen-bond donors (Lipinski definition) is 1. The second-order valence-electron chi connectivity index (χ2n) is 3.23. The minimum absolute atomic E-state index is 0.457. The zero-order valence-electron chi connectivity index (χ0n) is 8.32.